The number of rotatable bonds is 4. The quantitative estimate of drug-likeness (QED) is 0.717. The monoisotopic (exact) mass is 400 g/mol. The van der Waals surface area contributed by atoms with E-state index in [1.807, 2.05) is 4.90 Å². The minimum absolute atomic E-state index is 0. The van der Waals surface area contributed by atoms with Crippen molar-refractivity contribution in [3.05, 3.63) is 30.1 Å². The van der Waals surface area contributed by atoms with Gasteiger partial charge in [0.1, 0.15) is 11.9 Å². The van der Waals surface area contributed by atoms with Crippen LogP contribution in [0.3, 0.4) is 0 Å². The van der Waals surface area contributed by atoms with Crippen LogP contribution in [0, 0.1) is 11.7 Å². The lowest BCUT2D eigenvalue weighted by atomic mass is 9.97. The van der Waals surface area contributed by atoms with Crippen LogP contribution in [-0.2, 0) is 9.53 Å². The molecule has 2 saturated heterocycles. The summed E-state index contributed by atoms with van der Waals surface area (Å²) in [5.74, 6) is -0.126. The van der Waals surface area contributed by atoms with Gasteiger partial charge in [0.25, 0.3) is 0 Å². The number of likely N-dealkylation sites (tertiary alicyclic amines) is 1. The van der Waals surface area contributed by atoms with Gasteiger partial charge in [0.2, 0.25) is 5.91 Å². The second kappa shape index (κ2) is 10.4. The number of amides is 3. The molecule has 3 N–H and O–H groups in total. The van der Waals surface area contributed by atoms with Gasteiger partial charge in [0, 0.05) is 31.9 Å². The van der Waals surface area contributed by atoms with Crippen LogP contribution in [-0.4, -0.2) is 62.3 Å². The fourth-order valence-electron chi connectivity index (χ4n) is 3.35. The second-order valence-electron chi connectivity index (χ2n) is 6.72. The summed E-state index contributed by atoms with van der Waals surface area (Å²) in [7, 11) is 0. The number of ether oxygens (including phenoxy) is 1. The van der Waals surface area contributed by atoms with Crippen LogP contribution >= 0.6 is 12.4 Å². The third-order valence-electron chi connectivity index (χ3n) is 4.68. The average molecular weight is 401 g/mol. The highest BCUT2D eigenvalue weighted by Crippen LogP contribution is 2.17. The first-order valence-corrected chi connectivity index (χ1v) is 9.02. The van der Waals surface area contributed by atoms with Gasteiger partial charge in [-0.15, -0.1) is 12.4 Å². The van der Waals surface area contributed by atoms with Crippen molar-refractivity contribution in [1.29, 1.82) is 0 Å². The molecule has 0 spiro atoms. The fraction of sp³-hybridized carbons (Fsp3) is 0.556. The zero-order chi connectivity index (χ0) is 18.4. The number of morpholine rings is 1. The van der Waals surface area contributed by atoms with Crippen LogP contribution < -0.4 is 16.0 Å². The molecule has 0 radical (unpaired) electrons. The van der Waals surface area contributed by atoms with E-state index in [4.69, 9.17) is 4.74 Å². The molecule has 2 aliphatic heterocycles. The van der Waals surface area contributed by atoms with Crippen molar-refractivity contribution in [2.75, 3.05) is 44.7 Å². The number of carbonyl (C=O) groups excluding carboxylic acids is 2. The number of benzene rings is 1. The number of hydrogen-bond donors (Lipinski definition) is 3. The predicted octanol–water partition coefficient (Wildman–Crippen LogP) is 1.60. The van der Waals surface area contributed by atoms with Crippen LogP contribution in [0.4, 0.5) is 14.9 Å². The molecule has 0 aromatic heterocycles. The van der Waals surface area contributed by atoms with Crippen molar-refractivity contribution >= 4 is 30.0 Å². The predicted molar refractivity (Wildman–Crippen MR) is 103 cm³/mol. The first-order valence-electron chi connectivity index (χ1n) is 9.02. The third kappa shape index (κ3) is 6.34. The molecule has 3 rings (SSSR count). The molecule has 1 aromatic carbocycles. The van der Waals surface area contributed by atoms with Crippen molar-refractivity contribution in [1.82, 2.24) is 15.5 Å². The van der Waals surface area contributed by atoms with E-state index >= 15 is 0 Å². The summed E-state index contributed by atoms with van der Waals surface area (Å²) in [4.78, 5) is 26.4. The maximum Gasteiger partial charge on any atom is 0.319 e. The van der Waals surface area contributed by atoms with E-state index in [-0.39, 0.29) is 36.3 Å². The van der Waals surface area contributed by atoms with Gasteiger partial charge in [0.05, 0.1) is 13.2 Å². The molecule has 3 amide bonds. The number of nitrogens with zero attached hydrogens (tertiary/aromatic N) is 1. The van der Waals surface area contributed by atoms with E-state index in [1.54, 1.807) is 12.1 Å². The fourth-order valence-corrected chi connectivity index (χ4v) is 3.35. The Morgan fingerprint density at radius 3 is 2.96 bits per heavy atom. The van der Waals surface area contributed by atoms with Crippen molar-refractivity contribution in [2.45, 2.75) is 18.9 Å². The van der Waals surface area contributed by atoms with Crippen LogP contribution in [0.25, 0.3) is 0 Å². The van der Waals surface area contributed by atoms with E-state index in [9.17, 15) is 14.0 Å². The Kier molecular flexibility index (Phi) is 8.27. The summed E-state index contributed by atoms with van der Waals surface area (Å²) < 4.78 is 18.5. The normalized spacial score (nSPS) is 22.5. The molecule has 27 heavy (non-hydrogen) atoms. The van der Waals surface area contributed by atoms with Crippen LogP contribution in [0.15, 0.2) is 24.3 Å². The number of urea groups is 1. The molecular weight excluding hydrogens is 375 g/mol. The topological polar surface area (TPSA) is 82.7 Å². The zero-order valence-electron chi connectivity index (χ0n) is 15.1. The zero-order valence-corrected chi connectivity index (χ0v) is 15.9. The number of piperidine rings is 1. The highest BCUT2D eigenvalue weighted by Gasteiger charge is 2.30. The molecule has 0 bridgehead atoms. The molecule has 1 aromatic rings. The maximum absolute atomic E-state index is 13.1. The molecule has 2 aliphatic rings. The minimum Gasteiger partial charge on any atom is -0.378 e. The average Bonchev–Trinajstić information content (AvgIpc) is 2.67. The third-order valence-corrected chi connectivity index (χ3v) is 4.68. The van der Waals surface area contributed by atoms with Crippen LogP contribution in [0.1, 0.15) is 12.8 Å². The van der Waals surface area contributed by atoms with E-state index < -0.39 is 5.82 Å². The molecule has 150 valence electrons. The maximum atomic E-state index is 13.1. The lowest BCUT2D eigenvalue weighted by Crippen LogP contribution is -2.55. The number of carbonyl (C=O) groups is 2. The molecule has 0 aliphatic carbocycles. The second-order valence-corrected chi connectivity index (χ2v) is 6.72. The van der Waals surface area contributed by atoms with Gasteiger partial charge in [-0.3, -0.25) is 4.79 Å². The van der Waals surface area contributed by atoms with Gasteiger partial charge in [-0.05, 0) is 37.0 Å². The summed E-state index contributed by atoms with van der Waals surface area (Å²) in [6.45, 7) is 3.57. The van der Waals surface area contributed by atoms with E-state index in [2.05, 4.69) is 16.0 Å². The molecule has 9 heteroatoms. The summed E-state index contributed by atoms with van der Waals surface area (Å²) in [5.41, 5.74) is 0.409. The standard InChI is InChI=1S/C18H25FN4O3.ClH/c19-14-4-1-5-15(9-14)22-18(25)21-10-13-3-2-7-23(11-13)17(24)16-12-26-8-6-20-16;/h1,4-5,9,13,16,20H,2-3,6-8,10-12H2,(H2,21,22,25);1H. The van der Waals surface area contributed by atoms with Gasteiger partial charge >= 0.3 is 6.03 Å². The highest BCUT2D eigenvalue weighted by atomic mass is 35.5. The highest BCUT2D eigenvalue weighted by molar-refractivity contribution is 5.89. The Hall–Kier alpha value is -1.90. The molecule has 2 heterocycles. The number of halogens is 2. The van der Waals surface area contributed by atoms with Gasteiger partial charge in [-0.1, -0.05) is 6.07 Å². The smallest absolute Gasteiger partial charge is 0.319 e. The van der Waals surface area contributed by atoms with Crippen molar-refractivity contribution in [3.63, 3.8) is 0 Å². The van der Waals surface area contributed by atoms with E-state index in [1.165, 1.54) is 12.1 Å². The van der Waals surface area contributed by atoms with Gasteiger partial charge in [-0.2, -0.15) is 0 Å². The summed E-state index contributed by atoms with van der Waals surface area (Å²) in [6, 6.07) is 5.11. The van der Waals surface area contributed by atoms with Crippen molar-refractivity contribution in [2.24, 2.45) is 5.92 Å². The Balaban J connectivity index is 0.00000261. The number of anilines is 1. The summed E-state index contributed by atoms with van der Waals surface area (Å²) >= 11 is 0. The Labute approximate surface area is 164 Å². The lowest BCUT2D eigenvalue weighted by Gasteiger charge is -2.36. The van der Waals surface area contributed by atoms with E-state index in [0.29, 0.717) is 38.5 Å². The SMILES string of the molecule is Cl.O=C(NCC1CCCN(C(=O)C2COCCN2)C1)Nc1cccc(F)c1. The number of hydrogen-bond acceptors (Lipinski definition) is 4. The molecule has 2 unspecified atom stereocenters. The summed E-state index contributed by atoms with van der Waals surface area (Å²) in [5, 5.41) is 8.61. The minimum atomic E-state index is -0.399. The lowest BCUT2D eigenvalue weighted by molar-refractivity contribution is -0.138. The van der Waals surface area contributed by atoms with Gasteiger partial charge in [0.15, 0.2) is 0 Å². The van der Waals surface area contributed by atoms with Gasteiger partial charge < -0.3 is 25.6 Å². The first kappa shape index (κ1) is 21.4. The Morgan fingerprint density at radius 2 is 2.22 bits per heavy atom. The first-order chi connectivity index (χ1) is 12.6. The molecule has 0 saturated carbocycles. The Morgan fingerprint density at radius 1 is 1.37 bits per heavy atom. The van der Waals surface area contributed by atoms with E-state index in [0.717, 1.165) is 19.4 Å². The van der Waals surface area contributed by atoms with Crippen molar-refractivity contribution in [3.8, 4) is 0 Å². The largest absolute Gasteiger partial charge is 0.378 e. The van der Waals surface area contributed by atoms with Crippen LogP contribution in [0.5, 0.6) is 0 Å². The van der Waals surface area contributed by atoms with Crippen molar-refractivity contribution < 1.29 is 18.7 Å². The van der Waals surface area contributed by atoms with Gasteiger partial charge in [-0.25, -0.2) is 9.18 Å². The molecule has 2 fully saturated rings. The molecule has 2 atom stereocenters. The Bertz CT molecular complexity index is 643. The van der Waals surface area contributed by atoms with Crippen LogP contribution in [0.2, 0.25) is 0 Å². The summed E-state index contributed by atoms with van der Waals surface area (Å²) in [6.07, 6.45) is 1.87. The number of nitrogens with one attached hydrogen (secondary N) is 3. The molecule has 7 nitrogen and oxygen atoms in total. The molecular formula is C18H26ClFN4O3.